The number of esters is 5. The topological polar surface area (TPSA) is 207 Å². The number of carbonyl (C=O) groups is 8. The third kappa shape index (κ3) is 14.0. The zero-order valence-corrected chi connectivity index (χ0v) is 32.2. The molecule has 0 radical (unpaired) electrons. The number of nitrogens with one attached hydrogen (secondary N) is 2. The fourth-order valence-electron chi connectivity index (χ4n) is 3.55. The van der Waals surface area contributed by atoms with Crippen molar-refractivity contribution in [3.8, 4) is 0 Å². The molecule has 1 rings (SSSR count). The highest BCUT2D eigenvalue weighted by Crippen LogP contribution is 2.33. The number of Topliss-reactive ketones (excluding diaryl/α,β-unsaturated/α-hetero) is 1. The van der Waals surface area contributed by atoms with Gasteiger partial charge in [0.25, 0.3) is 11.8 Å². The number of carbonyl (C=O) groups excluding carboxylic acids is 8. The first-order valence-electron chi connectivity index (χ1n) is 13.4. The quantitative estimate of drug-likeness (QED) is 0.138. The van der Waals surface area contributed by atoms with Gasteiger partial charge in [-0.1, -0.05) is 0 Å². The van der Waals surface area contributed by atoms with Gasteiger partial charge in [0.05, 0.1) is 23.2 Å². The zero-order valence-electron chi connectivity index (χ0n) is 25.7. The van der Waals surface area contributed by atoms with Crippen molar-refractivity contribution in [1.82, 2.24) is 10.6 Å². The fraction of sp³-hybridized carbons (Fsp3) is 0.500. The molecule has 0 aromatic heterocycles. The molecule has 0 unspecified atom stereocenters. The van der Waals surface area contributed by atoms with Crippen LogP contribution in [0.2, 0.25) is 0 Å². The molecule has 0 bridgehead atoms. The van der Waals surface area contributed by atoms with E-state index in [1.54, 1.807) is 22.6 Å². The maximum atomic E-state index is 13.8. The molecule has 0 spiro atoms. The number of hydrogen-bond acceptors (Lipinski definition) is 13. The van der Waals surface area contributed by atoms with Crippen molar-refractivity contribution in [2.24, 2.45) is 0 Å². The first kappa shape index (κ1) is 41.4. The summed E-state index contributed by atoms with van der Waals surface area (Å²) in [4.78, 5) is 97.7. The number of benzene rings is 1. The molecule has 1 aromatic carbocycles. The Hall–Kier alpha value is -2.63. The number of halogens is 3. The third-order valence-electron chi connectivity index (χ3n) is 5.63. The molecule has 0 saturated carbocycles. The normalized spacial score (nSPS) is 11.3. The van der Waals surface area contributed by atoms with Gasteiger partial charge in [-0.15, -0.1) is 0 Å². The highest BCUT2D eigenvalue weighted by molar-refractivity contribution is 14.1. The molecule has 0 saturated heterocycles. The molecular weight excluding hydrogens is 953 g/mol. The van der Waals surface area contributed by atoms with E-state index in [9.17, 15) is 38.4 Å². The van der Waals surface area contributed by atoms with E-state index < -0.39 is 65.6 Å². The Morgan fingerprint density at radius 1 is 0.565 bits per heavy atom. The van der Waals surface area contributed by atoms with Crippen LogP contribution < -0.4 is 10.6 Å². The van der Waals surface area contributed by atoms with Crippen LogP contribution in [0.15, 0.2) is 0 Å². The summed E-state index contributed by atoms with van der Waals surface area (Å²) in [7, 11) is 0. The highest BCUT2D eigenvalue weighted by Gasteiger charge is 2.32. The van der Waals surface area contributed by atoms with E-state index in [-0.39, 0.29) is 53.1 Å². The van der Waals surface area contributed by atoms with Gasteiger partial charge < -0.3 is 34.3 Å². The number of rotatable bonds is 16. The summed E-state index contributed by atoms with van der Waals surface area (Å²) in [5, 5.41) is 5.28. The molecule has 18 heteroatoms. The molecule has 46 heavy (non-hydrogen) atoms. The first-order chi connectivity index (χ1) is 21.3. The van der Waals surface area contributed by atoms with Crippen LogP contribution in [-0.4, -0.2) is 92.1 Å². The molecule has 0 heterocycles. The lowest BCUT2D eigenvalue weighted by molar-refractivity contribution is -0.151. The van der Waals surface area contributed by atoms with Gasteiger partial charge in [0.2, 0.25) is 0 Å². The van der Waals surface area contributed by atoms with Crippen LogP contribution in [0.25, 0.3) is 0 Å². The molecule has 1 aromatic rings. The van der Waals surface area contributed by atoms with Gasteiger partial charge in [0.15, 0.2) is 11.9 Å². The minimum atomic E-state index is -1.13. The van der Waals surface area contributed by atoms with Gasteiger partial charge in [-0.05, 0) is 80.3 Å². The molecule has 2 N–H and O–H groups in total. The minimum absolute atomic E-state index is 0.0260. The lowest BCUT2D eigenvalue weighted by atomic mass is 9.99. The van der Waals surface area contributed by atoms with Crippen LogP contribution in [-0.2, 0) is 58.9 Å². The monoisotopic (exact) mass is 986 g/mol. The molecule has 0 aliphatic heterocycles. The Morgan fingerprint density at radius 2 is 0.891 bits per heavy atom. The summed E-state index contributed by atoms with van der Waals surface area (Å²) in [6, 6.07) is -1.95. The lowest BCUT2D eigenvalue weighted by Gasteiger charge is -2.23. The van der Waals surface area contributed by atoms with Crippen LogP contribution >= 0.6 is 67.8 Å². The van der Waals surface area contributed by atoms with Crippen molar-refractivity contribution >= 4 is 115 Å². The second kappa shape index (κ2) is 19.9. The summed E-state index contributed by atoms with van der Waals surface area (Å²) in [5.74, 6) is -5.25. The van der Waals surface area contributed by atoms with Crippen LogP contribution in [0.4, 0.5) is 0 Å². The van der Waals surface area contributed by atoms with Crippen LogP contribution in [0.3, 0.4) is 0 Å². The third-order valence-corrected chi connectivity index (χ3v) is 9.09. The average molecular weight is 986 g/mol. The molecule has 0 fully saturated rings. The van der Waals surface area contributed by atoms with Crippen molar-refractivity contribution in [3.63, 3.8) is 0 Å². The largest absolute Gasteiger partial charge is 0.464 e. The standard InChI is InChI=1S/C28H33I3N2O13/c1-12(46-17(6)38)21(39)7-20-24(29)22(27(40)32-18(8-42-13(2)34)9-43-14(3)35)26(31)23(25(20)30)28(41)33-19(10-44-15(4)36)11-45-16(5)37/h12,18-19H,7-11H2,1-6H3,(H,32,40)(H,33,41)/t12-/m1/s1. The predicted octanol–water partition coefficient (Wildman–Crippen LogP) is 2.01. The van der Waals surface area contributed by atoms with Crippen LogP contribution in [0, 0.1) is 10.7 Å². The molecule has 254 valence electrons. The molecule has 15 nitrogen and oxygen atoms in total. The van der Waals surface area contributed by atoms with E-state index in [1.807, 2.05) is 45.2 Å². The number of amides is 2. The SMILES string of the molecule is CC(=O)OCC(COC(C)=O)NC(=O)c1c(I)c(CC(=O)[C@@H](C)OC(C)=O)c(I)c(C(=O)NC(COC(C)=O)COC(C)=O)c1I. The Kier molecular flexibility index (Phi) is 17.9. The van der Waals surface area contributed by atoms with E-state index in [0.29, 0.717) is 7.14 Å². The van der Waals surface area contributed by atoms with Crippen LogP contribution in [0.1, 0.15) is 67.8 Å². The minimum Gasteiger partial charge on any atom is -0.464 e. The molecule has 1 atom stereocenters. The van der Waals surface area contributed by atoms with E-state index >= 15 is 0 Å². The van der Waals surface area contributed by atoms with Gasteiger partial charge >= 0.3 is 29.8 Å². The van der Waals surface area contributed by atoms with Gasteiger partial charge in [0.1, 0.15) is 26.4 Å². The number of ether oxygens (including phenoxy) is 5. The molecule has 0 aliphatic carbocycles. The Bertz CT molecular complexity index is 1270. The van der Waals surface area contributed by atoms with E-state index in [4.69, 9.17) is 23.7 Å². The maximum absolute atomic E-state index is 13.8. The zero-order chi connectivity index (χ0) is 35.3. The molecule has 2 amide bonds. The molecular formula is C28H33I3N2O13. The van der Waals surface area contributed by atoms with Crippen molar-refractivity contribution in [3.05, 3.63) is 27.4 Å². The molecule has 0 aliphatic rings. The van der Waals surface area contributed by atoms with Crippen molar-refractivity contribution in [2.45, 2.75) is 66.2 Å². The predicted molar refractivity (Wildman–Crippen MR) is 184 cm³/mol. The van der Waals surface area contributed by atoms with Crippen molar-refractivity contribution in [2.75, 3.05) is 26.4 Å². The van der Waals surface area contributed by atoms with E-state index in [0.717, 1.165) is 34.6 Å². The fourth-order valence-corrected chi connectivity index (χ4v) is 8.08. The summed E-state index contributed by atoms with van der Waals surface area (Å²) < 4.78 is 25.8. The average Bonchev–Trinajstić information content (AvgIpc) is 2.93. The van der Waals surface area contributed by atoms with E-state index in [2.05, 4.69) is 10.6 Å². The van der Waals surface area contributed by atoms with Gasteiger partial charge in [-0.3, -0.25) is 38.4 Å². The Balaban J connectivity index is 3.73. The summed E-state index contributed by atoms with van der Waals surface area (Å²) in [5.41, 5.74) is 0.220. The van der Waals surface area contributed by atoms with Crippen LogP contribution in [0.5, 0.6) is 0 Å². The summed E-state index contributed by atoms with van der Waals surface area (Å²) in [6.07, 6.45) is -1.47. The maximum Gasteiger partial charge on any atom is 0.303 e. The van der Waals surface area contributed by atoms with Gasteiger partial charge in [0, 0.05) is 51.8 Å². The second-order valence-electron chi connectivity index (χ2n) is 9.62. The smallest absolute Gasteiger partial charge is 0.303 e. The number of ketones is 1. The number of hydrogen-bond donors (Lipinski definition) is 2. The summed E-state index contributed by atoms with van der Waals surface area (Å²) >= 11 is 5.52. The lowest BCUT2D eigenvalue weighted by Crippen LogP contribution is -2.44. The Labute approximate surface area is 305 Å². The van der Waals surface area contributed by atoms with Gasteiger partial charge in [-0.25, -0.2) is 0 Å². The van der Waals surface area contributed by atoms with E-state index in [1.165, 1.54) is 6.92 Å². The first-order valence-corrected chi connectivity index (χ1v) is 16.6. The van der Waals surface area contributed by atoms with Gasteiger partial charge in [-0.2, -0.15) is 0 Å². The van der Waals surface area contributed by atoms with Crippen molar-refractivity contribution < 1.29 is 62.0 Å². The highest BCUT2D eigenvalue weighted by atomic mass is 127. The summed E-state index contributed by atoms with van der Waals surface area (Å²) in [6.45, 7) is 5.85. The Morgan fingerprint density at radius 3 is 1.17 bits per heavy atom. The van der Waals surface area contributed by atoms with Crippen molar-refractivity contribution in [1.29, 1.82) is 0 Å². The second-order valence-corrected chi connectivity index (χ2v) is 12.9.